The van der Waals surface area contributed by atoms with Crippen LogP contribution in [0.15, 0.2) is 29.3 Å². The van der Waals surface area contributed by atoms with E-state index >= 15 is 0 Å². The van der Waals surface area contributed by atoms with Gasteiger partial charge in [-0.2, -0.15) is 4.52 Å². The van der Waals surface area contributed by atoms with Crippen LogP contribution in [0.25, 0.3) is 17.9 Å². The fourth-order valence-electron chi connectivity index (χ4n) is 2.13. The standard InChI is InChI=1S/C14H11N5O5/c1-24-11-6-8(3-5-10(11)20)2-4-9-12(19(22)23)13(21)18-14(17-9)15-7-16-18/h2-7,20H,1H3,(H,15,16,17)/b4-2-. The molecular weight excluding hydrogens is 318 g/mol. The molecule has 3 rings (SSSR count). The van der Waals surface area contributed by atoms with Gasteiger partial charge in [-0.15, -0.1) is 0 Å². The van der Waals surface area contributed by atoms with Crippen molar-refractivity contribution in [3.63, 3.8) is 0 Å². The van der Waals surface area contributed by atoms with Gasteiger partial charge in [0.15, 0.2) is 17.2 Å². The molecule has 0 radical (unpaired) electrons. The number of aromatic amines is 1. The van der Waals surface area contributed by atoms with Gasteiger partial charge in [0.2, 0.25) is 0 Å². The smallest absolute Gasteiger partial charge is 0.361 e. The first kappa shape index (κ1) is 15.2. The predicted octanol–water partition coefficient (Wildman–Crippen LogP) is 1.21. The van der Waals surface area contributed by atoms with Crippen molar-refractivity contribution in [1.82, 2.24) is 19.6 Å². The summed E-state index contributed by atoms with van der Waals surface area (Å²) >= 11 is 0. The summed E-state index contributed by atoms with van der Waals surface area (Å²) in [7, 11) is 1.40. The largest absolute Gasteiger partial charge is 0.504 e. The molecule has 0 atom stereocenters. The Morgan fingerprint density at radius 3 is 2.92 bits per heavy atom. The van der Waals surface area contributed by atoms with Gasteiger partial charge < -0.3 is 9.84 Å². The average molecular weight is 329 g/mol. The van der Waals surface area contributed by atoms with E-state index in [1.165, 1.54) is 37.7 Å². The minimum absolute atomic E-state index is 0.0218. The summed E-state index contributed by atoms with van der Waals surface area (Å²) in [4.78, 5) is 30.4. The van der Waals surface area contributed by atoms with Crippen molar-refractivity contribution in [2.45, 2.75) is 0 Å². The van der Waals surface area contributed by atoms with Crippen molar-refractivity contribution >= 4 is 23.6 Å². The Labute approximate surface area is 133 Å². The lowest BCUT2D eigenvalue weighted by Gasteiger charge is -2.03. The minimum atomic E-state index is -0.856. The van der Waals surface area contributed by atoms with Gasteiger partial charge in [-0.25, -0.2) is 9.97 Å². The number of H-pyrrole nitrogens is 1. The molecule has 0 amide bonds. The first-order valence-corrected chi connectivity index (χ1v) is 6.67. The molecule has 10 nitrogen and oxygen atoms in total. The van der Waals surface area contributed by atoms with E-state index in [9.17, 15) is 20.0 Å². The third-order valence-corrected chi connectivity index (χ3v) is 3.26. The molecule has 0 bridgehead atoms. The lowest BCUT2D eigenvalue weighted by Crippen LogP contribution is -2.20. The number of fused-ring (bicyclic) bond motifs is 1. The molecule has 0 aliphatic heterocycles. The van der Waals surface area contributed by atoms with Crippen LogP contribution >= 0.6 is 0 Å². The lowest BCUT2D eigenvalue weighted by molar-refractivity contribution is -0.386. The van der Waals surface area contributed by atoms with Gasteiger partial charge in [0.05, 0.1) is 12.0 Å². The molecule has 3 aromatic rings. The van der Waals surface area contributed by atoms with E-state index in [1.54, 1.807) is 6.07 Å². The molecule has 2 N–H and O–H groups in total. The van der Waals surface area contributed by atoms with E-state index in [4.69, 9.17) is 4.74 Å². The number of rotatable bonds is 4. The van der Waals surface area contributed by atoms with Crippen LogP contribution in [0.3, 0.4) is 0 Å². The fourth-order valence-corrected chi connectivity index (χ4v) is 2.13. The maximum absolute atomic E-state index is 12.1. The number of ether oxygens (including phenoxy) is 1. The predicted molar refractivity (Wildman–Crippen MR) is 83.8 cm³/mol. The maximum Gasteiger partial charge on any atom is 0.361 e. The summed E-state index contributed by atoms with van der Waals surface area (Å²) in [5.41, 5.74) is -1.05. The molecule has 10 heteroatoms. The summed E-state index contributed by atoms with van der Waals surface area (Å²) in [5, 5.41) is 23.2. The zero-order chi connectivity index (χ0) is 17.3. The SMILES string of the molecule is COc1cc(/C=C\c2nc3nc[nH]n3c(=O)c2[N+](=O)[O-])ccc1O. The van der Waals surface area contributed by atoms with Crippen LogP contribution < -0.4 is 10.3 Å². The molecule has 24 heavy (non-hydrogen) atoms. The Balaban J connectivity index is 2.11. The minimum Gasteiger partial charge on any atom is -0.504 e. The molecule has 2 aromatic heterocycles. The maximum atomic E-state index is 12.1. The average Bonchev–Trinajstić information content (AvgIpc) is 3.02. The van der Waals surface area contributed by atoms with E-state index in [-0.39, 0.29) is 23.0 Å². The molecular formula is C14H11N5O5. The molecule has 1 aromatic carbocycles. The van der Waals surface area contributed by atoms with Crippen molar-refractivity contribution in [3.8, 4) is 11.5 Å². The summed E-state index contributed by atoms with van der Waals surface area (Å²) in [6.07, 6.45) is 4.06. The van der Waals surface area contributed by atoms with E-state index in [1.807, 2.05) is 0 Å². The normalized spacial score (nSPS) is 11.2. The lowest BCUT2D eigenvalue weighted by atomic mass is 10.1. The van der Waals surface area contributed by atoms with E-state index in [2.05, 4.69) is 15.1 Å². The van der Waals surface area contributed by atoms with Gasteiger partial charge in [0, 0.05) is 0 Å². The number of phenols is 1. The summed E-state index contributed by atoms with van der Waals surface area (Å²) in [6.45, 7) is 0. The number of nitro groups is 1. The summed E-state index contributed by atoms with van der Waals surface area (Å²) in [5.74, 6) is 0.242. The molecule has 0 saturated heterocycles. The van der Waals surface area contributed by atoms with Crippen molar-refractivity contribution in [1.29, 1.82) is 0 Å². The molecule has 0 aliphatic carbocycles. The van der Waals surface area contributed by atoms with Crippen LogP contribution in [-0.4, -0.2) is 36.7 Å². The second-order valence-corrected chi connectivity index (χ2v) is 4.70. The first-order valence-electron chi connectivity index (χ1n) is 6.67. The van der Waals surface area contributed by atoms with Crippen LogP contribution in [0, 0.1) is 10.1 Å². The van der Waals surface area contributed by atoms with Crippen LogP contribution in [0.4, 0.5) is 5.69 Å². The molecule has 0 saturated carbocycles. The second-order valence-electron chi connectivity index (χ2n) is 4.70. The van der Waals surface area contributed by atoms with Crippen molar-refractivity contribution in [2.24, 2.45) is 0 Å². The van der Waals surface area contributed by atoms with Gasteiger partial charge in [-0.3, -0.25) is 20.0 Å². The number of nitrogens with one attached hydrogen (secondary N) is 1. The van der Waals surface area contributed by atoms with Crippen LogP contribution in [0.1, 0.15) is 11.3 Å². The topological polar surface area (TPSA) is 136 Å². The van der Waals surface area contributed by atoms with Crippen molar-refractivity contribution in [2.75, 3.05) is 7.11 Å². The third kappa shape index (κ3) is 2.56. The number of aromatic hydroxyl groups is 1. The molecule has 2 heterocycles. The molecule has 0 unspecified atom stereocenters. The van der Waals surface area contributed by atoms with Gasteiger partial charge in [-0.1, -0.05) is 12.1 Å². The third-order valence-electron chi connectivity index (χ3n) is 3.26. The molecule has 0 aliphatic rings. The van der Waals surface area contributed by atoms with Gasteiger partial charge in [-0.05, 0) is 23.8 Å². The highest BCUT2D eigenvalue weighted by Crippen LogP contribution is 2.27. The quantitative estimate of drug-likeness (QED) is 0.542. The molecule has 0 spiro atoms. The van der Waals surface area contributed by atoms with Crippen molar-refractivity contribution < 1.29 is 14.8 Å². The van der Waals surface area contributed by atoms with E-state index < -0.39 is 16.2 Å². The Morgan fingerprint density at radius 1 is 1.42 bits per heavy atom. The Hall–Kier alpha value is -3.69. The monoisotopic (exact) mass is 329 g/mol. The Morgan fingerprint density at radius 2 is 2.21 bits per heavy atom. The summed E-state index contributed by atoms with van der Waals surface area (Å²) < 4.78 is 5.88. The first-order chi connectivity index (χ1) is 11.5. The second kappa shape index (κ2) is 5.83. The zero-order valence-corrected chi connectivity index (χ0v) is 12.3. The fraction of sp³-hybridized carbons (Fsp3) is 0.0714. The van der Waals surface area contributed by atoms with E-state index in [0.717, 1.165) is 4.52 Å². The van der Waals surface area contributed by atoms with Crippen LogP contribution in [0.2, 0.25) is 0 Å². The van der Waals surface area contributed by atoms with Crippen LogP contribution in [0.5, 0.6) is 11.5 Å². The number of hydrogen-bond acceptors (Lipinski definition) is 7. The number of aromatic nitrogens is 4. The highest BCUT2D eigenvalue weighted by atomic mass is 16.6. The van der Waals surface area contributed by atoms with Crippen LogP contribution in [-0.2, 0) is 0 Å². The summed E-state index contributed by atoms with van der Waals surface area (Å²) in [6, 6.07) is 4.55. The highest BCUT2D eigenvalue weighted by Gasteiger charge is 2.22. The molecule has 122 valence electrons. The number of methoxy groups -OCH3 is 1. The number of phenolic OH excluding ortho intramolecular Hbond substituents is 1. The number of benzene rings is 1. The zero-order valence-electron chi connectivity index (χ0n) is 12.3. The Kier molecular flexibility index (Phi) is 3.70. The number of nitrogens with zero attached hydrogens (tertiary/aromatic N) is 4. The van der Waals surface area contributed by atoms with Gasteiger partial charge in [0.1, 0.15) is 6.33 Å². The van der Waals surface area contributed by atoms with Gasteiger partial charge in [0.25, 0.3) is 5.78 Å². The van der Waals surface area contributed by atoms with Crippen molar-refractivity contribution in [3.05, 3.63) is 56.3 Å². The highest BCUT2D eigenvalue weighted by molar-refractivity contribution is 5.73. The Bertz CT molecular complexity index is 1020. The molecule has 0 fully saturated rings. The van der Waals surface area contributed by atoms with E-state index in [0.29, 0.717) is 5.56 Å². The number of hydrogen-bond donors (Lipinski definition) is 2. The van der Waals surface area contributed by atoms with Gasteiger partial charge >= 0.3 is 11.2 Å².